The Hall–Kier alpha value is -1.85. The summed E-state index contributed by atoms with van der Waals surface area (Å²) in [6.07, 6.45) is 0. The Labute approximate surface area is 147 Å². The van der Waals surface area contributed by atoms with Crippen LogP contribution >= 0.6 is 0 Å². The van der Waals surface area contributed by atoms with Gasteiger partial charge in [-0.05, 0) is 30.8 Å². The molecule has 23 heavy (non-hydrogen) atoms. The molecule has 0 fully saturated rings. The fraction of sp³-hybridized carbons (Fsp3) is 0.0588. The van der Waals surface area contributed by atoms with Crippen LogP contribution in [0.3, 0.4) is 0 Å². The van der Waals surface area contributed by atoms with Crippen molar-refractivity contribution in [3.8, 4) is 0 Å². The molecular formula is C17H18FeN2O2S-6. The molecule has 0 aromatic heterocycles. The first kappa shape index (κ1) is 19.2. The van der Waals surface area contributed by atoms with Crippen LogP contribution in [0.1, 0.15) is 5.56 Å². The number of benzene rings is 1. The second-order valence-corrected chi connectivity index (χ2v) is 6.42. The van der Waals surface area contributed by atoms with Crippen LogP contribution in [0.2, 0.25) is 0 Å². The van der Waals surface area contributed by atoms with Crippen molar-refractivity contribution in [2.24, 2.45) is 0 Å². The van der Waals surface area contributed by atoms with E-state index in [9.17, 15) is 8.42 Å². The van der Waals surface area contributed by atoms with Gasteiger partial charge in [0.05, 0.1) is 4.90 Å². The molecule has 3 N–H and O–H groups in total. The van der Waals surface area contributed by atoms with Crippen LogP contribution in [-0.2, 0) is 33.6 Å². The van der Waals surface area contributed by atoms with E-state index in [2.05, 4.69) is 4.72 Å². The topological polar surface area (TPSA) is 72.2 Å². The van der Waals surface area contributed by atoms with Crippen LogP contribution in [0.15, 0.2) is 83.8 Å². The molecule has 0 amide bonds. The number of nitrogens with one attached hydrogen (secondary N) is 1. The average molecular weight is 370 g/mol. The van der Waals surface area contributed by atoms with Crippen molar-refractivity contribution in [1.82, 2.24) is 4.72 Å². The molecule has 0 unspecified atom stereocenters. The van der Waals surface area contributed by atoms with E-state index < -0.39 is 10.0 Å². The van der Waals surface area contributed by atoms with Gasteiger partial charge < -0.3 is 36.1 Å². The number of rotatable bonds is 4. The molecule has 3 aromatic rings. The Morgan fingerprint density at radius 2 is 1.43 bits per heavy atom. The standard InChI is InChI=1S/C12H13N2O2S.C5H5.Fe/c13-11-5-7-12(8-6-11)17(15,16)14-9-10-3-1-2-4-10;1-2-4-5-3-1;/h1-8,14H,9,13H2;1-5H;/q-1;-5;. The Kier molecular flexibility index (Phi) is 7.78. The summed E-state index contributed by atoms with van der Waals surface area (Å²) in [5.74, 6) is 0. The minimum atomic E-state index is -3.46. The number of nitrogen functional groups attached to an aromatic ring is 1. The fourth-order valence-electron chi connectivity index (χ4n) is 1.76. The number of hydrogen-bond donors (Lipinski definition) is 2. The molecule has 4 nitrogen and oxygen atoms in total. The van der Waals surface area contributed by atoms with Crippen molar-refractivity contribution in [1.29, 1.82) is 0 Å². The third kappa shape index (κ3) is 6.42. The van der Waals surface area contributed by atoms with Gasteiger partial charge in [0, 0.05) is 22.8 Å². The van der Waals surface area contributed by atoms with Crippen molar-refractivity contribution in [2.75, 3.05) is 5.73 Å². The largest absolute Gasteiger partial charge is 0.748 e. The molecule has 0 bridgehead atoms. The maximum absolute atomic E-state index is 11.9. The van der Waals surface area contributed by atoms with E-state index in [1.807, 2.05) is 54.6 Å². The summed E-state index contributed by atoms with van der Waals surface area (Å²) in [4.78, 5) is 0.221. The maximum atomic E-state index is 11.9. The third-order valence-corrected chi connectivity index (χ3v) is 4.36. The van der Waals surface area contributed by atoms with Gasteiger partial charge in [-0.15, -0.1) is 5.56 Å². The summed E-state index contributed by atoms with van der Waals surface area (Å²) in [6.45, 7) is 0.291. The first-order chi connectivity index (χ1) is 10.6. The number of hydrogen-bond acceptors (Lipinski definition) is 3. The van der Waals surface area contributed by atoms with Gasteiger partial charge in [-0.25, -0.2) is 25.3 Å². The van der Waals surface area contributed by atoms with E-state index in [4.69, 9.17) is 5.73 Å². The molecular weight excluding hydrogens is 352 g/mol. The predicted octanol–water partition coefficient (Wildman–Crippen LogP) is 2.87. The summed E-state index contributed by atoms with van der Waals surface area (Å²) in [6, 6.07) is 23.6. The summed E-state index contributed by atoms with van der Waals surface area (Å²) >= 11 is 0. The summed E-state index contributed by atoms with van der Waals surface area (Å²) in [5.41, 5.74) is 6.98. The van der Waals surface area contributed by atoms with E-state index in [1.165, 1.54) is 12.1 Å². The van der Waals surface area contributed by atoms with Gasteiger partial charge in [-0.2, -0.15) is 12.1 Å². The van der Waals surface area contributed by atoms with Crippen LogP contribution in [0, 0.1) is 0 Å². The number of anilines is 1. The smallest absolute Gasteiger partial charge is 0.239 e. The van der Waals surface area contributed by atoms with Gasteiger partial charge in [0.25, 0.3) is 0 Å². The molecule has 0 heterocycles. The van der Waals surface area contributed by atoms with Crippen molar-refractivity contribution in [2.45, 2.75) is 11.4 Å². The van der Waals surface area contributed by atoms with Gasteiger partial charge in [0.2, 0.25) is 10.0 Å². The van der Waals surface area contributed by atoms with Crippen LogP contribution < -0.4 is 10.5 Å². The first-order valence-corrected chi connectivity index (χ1v) is 8.29. The average Bonchev–Trinajstić information content (AvgIpc) is 3.22. The Morgan fingerprint density at radius 1 is 0.957 bits per heavy atom. The first-order valence-electron chi connectivity index (χ1n) is 6.80. The molecule has 0 aliphatic heterocycles. The molecule has 0 aliphatic rings. The van der Waals surface area contributed by atoms with E-state index in [0.717, 1.165) is 5.56 Å². The summed E-state index contributed by atoms with van der Waals surface area (Å²) in [5, 5.41) is 0. The van der Waals surface area contributed by atoms with Gasteiger partial charge >= 0.3 is 0 Å². The van der Waals surface area contributed by atoms with Gasteiger partial charge in [0.1, 0.15) is 0 Å². The molecule has 3 aromatic carbocycles. The molecule has 6 heteroatoms. The van der Waals surface area contributed by atoms with Gasteiger partial charge in [0.15, 0.2) is 0 Å². The van der Waals surface area contributed by atoms with Crippen molar-refractivity contribution < 1.29 is 25.5 Å². The minimum Gasteiger partial charge on any atom is -0.748 e. The second kappa shape index (κ2) is 9.32. The van der Waals surface area contributed by atoms with Crippen molar-refractivity contribution in [3.05, 3.63) is 84.4 Å². The Balaban J connectivity index is 0.000000377. The third-order valence-electron chi connectivity index (χ3n) is 2.94. The van der Waals surface area contributed by atoms with Crippen LogP contribution in [0.5, 0.6) is 0 Å². The zero-order valence-electron chi connectivity index (χ0n) is 12.4. The second-order valence-electron chi connectivity index (χ2n) is 4.65. The Bertz CT molecular complexity index is 732. The SMILES string of the molecule is Nc1ccc(S(=O)(=O)NC[c-]2cccc2)cc1.[Fe].[cH-]1[cH-][cH-][cH-][cH-]1. The van der Waals surface area contributed by atoms with E-state index in [1.54, 1.807) is 12.1 Å². The number of nitrogens with two attached hydrogens (primary N) is 1. The summed E-state index contributed by atoms with van der Waals surface area (Å²) < 4.78 is 26.3. The van der Waals surface area contributed by atoms with Gasteiger partial charge in [-0.1, -0.05) is 0 Å². The molecule has 0 saturated heterocycles. The molecule has 0 spiro atoms. The van der Waals surface area contributed by atoms with E-state index in [-0.39, 0.29) is 22.0 Å². The van der Waals surface area contributed by atoms with E-state index >= 15 is 0 Å². The Morgan fingerprint density at radius 3 is 1.91 bits per heavy atom. The zero-order chi connectivity index (χ0) is 15.8. The zero-order valence-corrected chi connectivity index (χ0v) is 14.3. The van der Waals surface area contributed by atoms with Gasteiger partial charge in [-0.3, -0.25) is 0 Å². The molecule has 128 valence electrons. The van der Waals surface area contributed by atoms with Crippen molar-refractivity contribution in [3.63, 3.8) is 0 Å². The van der Waals surface area contributed by atoms with Crippen LogP contribution in [-0.4, -0.2) is 8.42 Å². The predicted molar refractivity (Wildman–Crippen MR) is 88.9 cm³/mol. The fourth-order valence-corrected chi connectivity index (χ4v) is 2.78. The number of sulfonamides is 1. The molecule has 0 radical (unpaired) electrons. The van der Waals surface area contributed by atoms with Crippen LogP contribution in [0.4, 0.5) is 5.69 Å². The molecule has 0 saturated carbocycles. The monoisotopic (exact) mass is 370 g/mol. The normalized spacial score (nSPS) is 10.3. The molecule has 0 aliphatic carbocycles. The quantitative estimate of drug-likeness (QED) is 0.421. The van der Waals surface area contributed by atoms with Crippen molar-refractivity contribution >= 4 is 15.7 Å². The molecule has 0 atom stereocenters. The minimum absolute atomic E-state index is 0. The van der Waals surface area contributed by atoms with E-state index in [0.29, 0.717) is 12.2 Å². The van der Waals surface area contributed by atoms with Crippen LogP contribution in [0.25, 0.3) is 0 Å². The molecule has 3 rings (SSSR count). The maximum Gasteiger partial charge on any atom is 0.239 e. The summed E-state index contributed by atoms with van der Waals surface area (Å²) in [7, 11) is -3.46.